The molecule has 12 heavy (non-hydrogen) atoms. The predicted molar refractivity (Wildman–Crippen MR) is 55.0 cm³/mol. The van der Waals surface area contributed by atoms with E-state index in [0.29, 0.717) is 11.8 Å². The largest absolute Gasteiger partial charge is 0.197 e. The lowest BCUT2D eigenvalue weighted by Crippen LogP contribution is -1.92. The van der Waals surface area contributed by atoms with Gasteiger partial charge in [0.05, 0.1) is 5.69 Å². The van der Waals surface area contributed by atoms with Crippen molar-refractivity contribution in [2.24, 2.45) is 0 Å². The van der Waals surface area contributed by atoms with Crippen molar-refractivity contribution in [1.82, 2.24) is 4.37 Å². The number of nitrogens with zero attached hydrogens (tertiary/aromatic N) is 1. The lowest BCUT2D eigenvalue weighted by molar-refractivity contribution is 0.818. The Labute approximate surface area is 79.0 Å². The zero-order chi connectivity index (χ0) is 9.30. The first-order valence-electron chi connectivity index (χ1n) is 4.50. The van der Waals surface area contributed by atoms with Crippen LogP contribution in [0.4, 0.5) is 0 Å². The quantitative estimate of drug-likeness (QED) is 0.681. The van der Waals surface area contributed by atoms with Crippen molar-refractivity contribution >= 4 is 11.5 Å². The fourth-order valence-corrected chi connectivity index (χ4v) is 2.44. The maximum atomic E-state index is 4.48. The Morgan fingerprint density at radius 3 is 1.92 bits per heavy atom. The van der Waals surface area contributed by atoms with E-state index in [0.717, 1.165) is 0 Å². The van der Waals surface area contributed by atoms with Crippen LogP contribution in [0.2, 0.25) is 0 Å². The summed E-state index contributed by atoms with van der Waals surface area (Å²) in [4.78, 5) is 1.44. The molecule has 0 saturated carbocycles. The Bertz CT molecular complexity index is 235. The van der Waals surface area contributed by atoms with Crippen LogP contribution in [0, 0.1) is 6.92 Å². The Hall–Kier alpha value is -0.370. The molecule has 1 nitrogen and oxygen atoms in total. The van der Waals surface area contributed by atoms with E-state index in [9.17, 15) is 0 Å². The van der Waals surface area contributed by atoms with Gasteiger partial charge in [0.2, 0.25) is 0 Å². The molecule has 68 valence electrons. The van der Waals surface area contributed by atoms with E-state index < -0.39 is 0 Å². The van der Waals surface area contributed by atoms with Crippen LogP contribution in [0.5, 0.6) is 0 Å². The summed E-state index contributed by atoms with van der Waals surface area (Å²) in [6, 6.07) is 0. The molecule has 0 saturated heterocycles. The third-order valence-corrected chi connectivity index (χ3v) is 3.33. The van der Waals surface area contributed by atoms with Crippen molar-refractivity contribution < 1.29 is 0 Å². The molecule has 0 fully saturated rings. The first kappa shape index (κ1) is 9.72. The highest BCUT2D eigenvalue weighted by molar-refractivity contribution is 7.06. The maximum absolute atomic E-state index is 4.48. The molecule has 0 bridgehead atoms. The molecule has 1 aromatic heterocycles. The van der Waals surface area contributed by atoms with E-state index in [-0.39, 0.29) is 0 Å². The first-order valence-corrected chi connectivity index (χ1v) is 5.27. The van der Waals surface area contributed by atoms with Gasteiger partial charge in [0.1, 0.15) is 0 Å². The Balaban J connectivity index is 3.04. The van der Waals surface area contributed by atoms with Crippen LogP contribution in [0.1, 0.15) is 55.7 Å². The van der Waals surface area contributed by atoms with Crippen LogP contribution in [-0.4, -0.2) is 4.37 Å². The standard InChI is InChI=1S/C10H17NS/c1-6(2)9-8(5)10(7(3)4)12-11-9/h6-7H,1-5H3. The highest BCUT2D eigenvalue weighted by Crippen LogP contribution is 2.29. The van der Waals surface area contributed by atoms with Crippen LogP contribution in [0.15, 0.2) is 0 Å². The summed E-state index contributed by atoms with van der Waals surface area (Å²) in [5, 5.41) is 0. The molecule has 2 heteroatoms. The molecule has 0 aliphatic heterocycles. The minimum Gasteiger partial charge on any atom is -0.197 e. The maximum Gasteiger partial charge on any atom is 0.0599 e. The van der Waals surface area contributed by atoms with Gasteiger partial charge in [-0.3, -0.25) is 0 Å². The van der Waals surface area contributed by atoms with Crippen molar-refractivity contribution in [3.63, 3.8) is 0 Å². The Morgan fingerprint density at radius 1 is 1.08 bits per heavy atom. The molecule has 1 rings (SSSR count). The fourth-order valence-electron chi connectivity index (χ4n) is 1.44. The number of hydrogen-bond acceptors (Lipinski definition) is 2. The summed E-state index contributed by atoms with van der Waals surface area (Å²) >= 11 is 1.66. The average molecular weight is 183 g/mol. The smallest absolute Gasteiger partial charge is 0.0599 e. The molecule has 0 aliphatic rings. The van der Waals surface area contributed by atoms with Crippen molar-refractivity contribution in [2.75, 3.05) is 0 Å². The molecule has 0 atom stereocenters. The molecular formula is C10H17NS. The van der Waals surface area contributed by atoms with E-state index in [2.05, 4.69) is 39.0 Å². The van der Waals surface area contributed by atoms with Gasteiger partial charge >= 0.3 is 0 Å². The molecular weight excluding hydrogens is 166 g/mol. The molecule has 0 spiro atoms. The van der Waals surface area contributed by atoms with Crippen LogP contribution in [-0.2, 0) is 0 Å². The van der Waals surface area contributed by atoms with Crippen LogP contribution in [0.3, 0.4) is 0 Å². The van der Waals surface area contributed by atoms with Crippen molar-refractivity contribution in [3.05, 3.63) is 16.1 Å². The van der Waals surface area contributed by atoms with Gasteiger partial charge < -0.3 is 0 Å². The predicted octanol–water partition coefficient (Wildman–Crippen LogP) is 3.70. The minimum atomic E-state index is 0.564. The van der Waals surface area contributed by atoms with Gasteiger partial charge in [-0.25, -0.2) is 0 Å². The van der Waals surface area contributed by atoms with Crippen LogP contribution < -0.4 is 0 Å². The molecule has 0 aromatic carbocycles. The van der Waals surface area contributed by atoms with E-state index in [1.807, 2.05) is 0 Å². The van der Waals surface area contributed by atoms with Gasteiger partial charge in [0, 0.05) is 4.88 Å². The number of aromatic nitrogens is 1. The second kappa shape index (κ2) is 3.56. The fraction of sp³-hybridized carbons (Fsp3) is 0.700. The summed E-state index contributed by atoms with van der Waals surface area (Å²) in [5.41, 5.74) is 2.69. The van der Waals surface area contributed by atoms with Crippen molar-refractivity contribution in [1.29, 1.82) is 0 Å². The lowest BCUT2D eigenvalue weighted by atomic mass is 10.0. The molecule has 0 aliphatic carbocycles. The van der Waals surface area contributed by atoms with Gasteiger partial charge in [-0.15, -0.1) is 0 Å². The summed E-state index contributed by atoms with van der Waals surface area (Å²) in [6.07, 6.45) is 0. The SMILES string of the molecule is Cc1c(C(C)C)nsc1C(C)C. The second-order valence-corrected chi connectivity index (χ2v) is 4.67. The summed E-state index contributed by atoms with van der Waals surface area (Å²) < 4.78 is 4.48. The van der Waals surface area contributed by atoms with Gasteiger partial charge in [-0.2, -0.15) is 4.37 Å². The average Bonchev–Trinajstić information content (AvgIpc) is 2.30. The lowest BCUT2D eigenvalue weighted by Gasteiger charge is -2.04. The highest BCUT2D eigenvalue weighted by atomic mass is 32.1. The first-order chi connectivity index (χ1) is 5.54. The molecule has 1 heterocycles. The summed E-state index contributed by atoms with van der Waals surface area (Å²) in [6.45, 7) is 11.0. The number of hydrogen-bond donors (Lipinski definition) is 0. The monoisotopic (exact) mass is 183 g/mol. The van der Waals surface area contributed by atoms with E-state index in [1.165, 1.54) is 16.1 Å². The highest BCUT2D eigenvalue weighted by Gasteiger charge is 2.13. The molecule has 1 aromatic rings. The number of rotatable bonds is 2. The minimum absolute atomic E-state index is 0.564. The van der Waals surface area contributed by atoms with E-state index in [1.54, 1.807) is 11.5 Å². The second-order valence-electron chi connectivity index (χ2n) is 3.87. The zero-order valence-corrected chi connectivity index (χ0v) is 9.33. The van der Waals surface area contributed by atoms with Crippen LogP contribution >= 0.6 is 11.5 Å². The summed E-state index contributed by atoms with van der Waals surface area (Å²) in [5.74, 6) is 1.18. The Morgan fingerprint density at radius 2 is 1.67 bits per heavy atom. The van der Waals surface area contributed by atoms with E-state index >= 15 is 0 Å². The van der Waals surface area contributed by atoms with Gasteiger partial charge in [-0.1, -0.05) is 27.7 Å². The van der Waals surface area contributed by atoms with Crippen molar-refractivity contribution in [3.8, 4) is 0 Å². The van der Waals surface area contributed by atoms with Gasteiger partial charge in [-0.05, 0) is 35.9 Å². The molecule has 0 unspecified atom stereocenters. The topological polar surface area (TPSA) is 12.9 Å². The third-order valence-electron chi connectivity index (χ3n) is 2.07. The van der Waals surface area contributed by atoms with Crippen molar-refractivity contribution in [2.45, 2.75) is 46.5 Å². The normalized spacial score (nSPS) is 11.6. The Kier molecular flexibility index (Phi) is 2.89. The van der Waals surface area contributed by atoms with Gasteiger partial charge in [0.15, 0.2) is 0 Å². The van der Waals surface area contributed by atoms with Gasteiger partial charge in [0.25, 0.3) is 0 Å². The molecule has 0 N–H and O–H groups in total. The van der Waals surface area contributed by atoms with E-state index in [4.69, 9.17) is 0 Å². The van der Waals surface area contributed by atoms with Crippen LogP contribution in [0.25, 0.3) is 0 Å². The molecule has 0 radical (unpaired) electrons. The molecule has 0 amide bonds. The third kappa shape index (κ3) is 1.69. The zero-order valence-electron chi connectivity index (χ0n) is 8.51. The summed E-state index contributed by atoms with van der Waals surface area (Å²) in [7, 11) is 0.